The lowest BCUT2D eigenvalue weighted by molar-refractivity contribution is -0.144. The molecule has 0 heterocycles. The molecule has 0 saturated heterocycles. The summed E-state index contributed by atoms with van der Waals surface area (Å²) < 4.78 is 5.42. The van der Waals surface area contributed by atoms with Gasteiger partial charge in [-0.25, -0.2) is 4.79 Å². The highest BCUT2D eigenvalue weighted by molar-refractivity contribution is 5.72. The van der Waals surface area contributed by atoms with E-state index >= 15 is 0 Å². The summed E-state index contributed by atoms with van der Waals surface area (Å²) in [6, 6.07) is 5.86. The van der Waals surface area contributed by atoms with Gasteiger partial charge in [0.2, 0.25) is 0 Å². The lowest BCUT2D eigenvalue weighted by Crippen LogP contribution is -2.23. The second kappa shape index (κ2) is 3.93. The van der Waals surface area contributed by atoms with Crippen LogP contribution in [-0.2, 0) is 17.6 Å². The molecule has 1 aromatic carbocycles. The molecule has 0 bridgehead atoms. The van der Waals surface area contributed by atoms with Crippen LogP contribution in [0.15, 0.2) is 18.2 Å². The number of fused-ring (bicyclic) bond motifs is 1. The Labute approximate surface area is 88.7 Å². The Hall–Kier alpha value is -1.51. The van der Waals surface area contributed by atoms with Crippen molar-refractivity contribution in [1.82, 2.24) is 0 Å². The number of hydrogen-bond acceptors (Lipinski definition) is 2. The van der Waals surface area contributed by atoms with Gasteiger partial charge in [-0.15, -0.1) is 0 Å². The van der Waals surface area contributed by atoms with Gasteiger partial charge in [-0.2, -0.15) is 0 Å². The third-order valence-electron chi connectivity index (χ3n) is 2.75. The van der Waals surface area contributed by atoms with Crippen molar-refractivity contribution in [3.05, 3.63) is 29.3 Å². The number of ether oxygens (including phenoxy) is 1. The van der Waals surface area contributed by atoms with Crippen molar-refractivity contribution in [2.75, 3.05) is 0 Å². The first-order chi connectivity index (χ1) is 7.18. The topological polar surface area (TPSA) is 46.5 Å². The van der Waals surface area contributed by atoms with Gasteiger partial charge in [0, 0.05) is 0 Å². The fourth-order valence-electron chi connectivity index (χ4n) is 1.94. The average Bonchev–Trinajstić information content (AvgIpc) is 2.66. The summed E-state index contributed by atoms with van der Waals surface area (Å²) in [5, 5.41) is 8.77. The van der Waals surface area contributed by atoms with Crippen LogP contribution in [0.4, 0.5) is 0 Å². The van der Waals surface area contributed by atoms with Crippen LogP contribution in [0.2, 0.25) is 0 Å². The van der Waals surface area contributed by atoms with E-state index in [0.717, 1.165) is 25.0 Å². The SMILES string of the molecule is CC(Oc1cccc2c1CCC2)C(=O)O. The van der Waals surface area contributed by atoms with Gasteiger partial charge in [-0.3, -0.25) is 0 Å². The number of carboxylic acids is 1. The molecule has 3 nitrogen and oxygen atoms in total. The Balaban J connectivity index is 2.22. The quantitative estimate of drug-likeness (QED) is 0.823. The number of aryl methyl sites for hydroxylation is 1. The largest absolute Gasteiger partial charge is 0.479 e. The van der Waals surface area contributed by atoms with Gasteiger partial charge in [0.15, 0.2) is 6.10 Å². The molecular weight excluding hydrogens is 192 g/mol. The van der Waals surface area contributed by atoms with Gasteiger partial charge in [-0.1, -0.05) is 12.1 Å². The number of hydrogen-bond donors (Lipinski definition) is 1. The first kappa shape index (κ1) is 10.0. The predicted octanol–water partition coefficient (Wildman–Crippen LogP) is 2.03. The Morgan fingerprint density at radius 1 is 1.47 bits per heavy atom. The van der Waals surface area contributed by atoms with Crippen LogP contribution in [-0.4, -0.2) is 17.2 Å². The second-order valence-electron chi connectivity index (χ2n) is 3.85. The van der Waals surface area contributed by atoms with Crippen molar-refractivity contribution in [1.29, 1.82) is 0 Å². The lowest BCUT2D eigenvalue weighted by Gasteiger charge is -2.13. The molecule has 15 heavy (non-hydrogen) atoms. The molecule has 0 aliphatic heterocycles. The minimum absolute atomic E-state index is 0.736. The van der Waals surface area contributed by atoms with Gasteiger partial charge in [-0.05, 0) is 43.4 Å². The summed E-state index contributed by atoms with van der Waals surface area (Å²) >= 11 is 0. The van der Waals surface area contributed by atoms with Crippen LogP contribution in [0.25, 0.3) is 0 Å². The molecule has 2 rings (SSSR count). The van der Waals surface area contributed by atoms with Gasteiger partial charge >= 0.3 is 5.97 Å². The fourth-order valence-corrected chi connectivity index (χ4v) is 1.94. The van der Waals surface area contributed by atoms with Crippen molar-refractivity contribution in [3.8, 4) is 5.75 Å². The summed E-state index contributed by atoms with van der Waals surface area (Å²) in [5.74, 6) is -0.189. The maximum atomic E-state index is 10.7. The van der Waals surface area contributed by atoms with Crippen LogP contribution >= 0.6 is 0 Å². The Bertz CT molecular complexity index is 384. The minimum atomic E-state index is -0.925. The molecule has 1 aromatic rings. The fraction of sp³-hybridized carbons (Fsp3) is 0.417. The normalized spacial score (nSPS) is 15.8. The Morgan fingerprint density at radius 2 is 2.27 bits per heavy atom. The number of carboxylic acid groups (broad SMARTS) is 1. The van der Waals surface area contributed by atoms with Crippen LogP contribution < -0.4 is 4.74 Å². The van der Waals surface area contributed by atoms with Crippen molar-refractivity contribution >= 4 is 5.97 Å². The zero-order chi connectivity index (χ0) is 10.8. The third-order valence-corrected chi connectivity index (χ3v) is 2.75. The molecule has 0 amide bonds. The number of benzene rings is 1. The molecule has 3 heteroatoms. The van der Waals surface area contributed by atoms with Crippen LogP contribution in [0, 0.1) is 0 Å². The van der Waals surface area contributed by atoms with Crippen molar-refractivity contribution in [2.45, 2.75) is 32.3 Å². The Kier molecular flexibility index (Phi) is 2.62. The van der Waals surface area contributed by atoms with Crippen molar-refractivity contribution in [2.24, 2.45) is 0 Å². The predicted molar refractivity (Wildman–Crippen MR) is 56.2 cm³/mol. The maximum Gasteiger partial charge on any atom is 0.344 e. The molecule has 80 valence electrons. The highest BCUT2D eigenvalue weighted by atomic mass is 16.5. The van der Waals surface area contributed by atoms with Gasteiger partial charge in [0.1, 0.15) is 5.75 Å². The minimum Gasteiger partial charge on any atom is -0.479 e. The summed E-state index contributed by atoms with van der Waals surface area (Å²) in [5.41, 5.74) is 2.48. The highest BCUT2D eigenvalue weighted by Gasteiger charge is 2.19. The standard InChI is InChI=1S/C12H14O3/c1-8(12(13)14)15-11-7-3-5-9-4-2-6-10(9)11/h3,5,7-8H,2,4,6H2,1H3,(H,13,14). The zero-order valence-corrected chi connectivity index (χ0v) is 8.69. The van der Waals surface area contributed by atoms with E-state index in [-0.39, 0.29) is 0 Å². The molecule has 0 radical (unpaired) electrons. The lowest BCUT2D eigenvalue weighted by atomic mass is 10.1. The van der Waals surface area contributed by atoms with Crippen molar-refractivity contribution < 1.29 is 14.6 Å². The van der Waals surface area contributed by atoms with Gasteiger partial charge in [0.25, 0.3) is 0 Å². The molecule has 0 spiro atoms. The molecule has 0 fully saturated rings. The van der Waals surface area contributed by atoms with E-state index in [0.29, 0.717) is 0 Å². The summed E-state index contributed by atoms with van der Waals surface area (Å²) in [6.45, 7) is 1.55. The molecule has 0 aromatic heterocycles. The van der Waals surface area contributed by atoms with Crippen LogP contribution in [0.5, 0.6) is 5.75 Å². The van der Waals surface area contributed by atoms with E-state index in [1.54, 1.807) is 6.92 Å². The molecule has 1 atom stereocenters. The average molecular weight is 206 g/mol. The molecule has 1 N–H and O–H groups in total. The van der Waals surface area contributed by atoms with Gasteiger partial charge in [0.05, 0.1) is 0 Å². The first-order valence-corrected chi connectivity index (χ1v) is 5.18. The first-order valence-electron chi connectivity index (χ1n) is 5.18. The molecule has 1 aliphatic carbocycles. The highest BCUT2D eigenvalue weighted by Crippen LogP contribution is 2.30. The smallest absolute Gasteiger partial charge is 0.344 e. The third kappa shape index (κ3) is 1.96. The van der Waals surface area contributed by atoms with E-state index in [9.17, 15) is 4.79 Å². The molecule has 1 unspecified atom stereocenters. The van der Waals surface area contributed by atoms with E-state index < -0.39 is 12.1 Å². The Morgan fingerprint density at radius 3 is 3.00 bits per heavy atom. The van der Waals surface area contributed by atoms with E-state index in [1.165, 1.54) is 11.1 Å². The van der Waals surface area contributed by atoms with E-state index in [4.69, 9.17) is 9.84 Å². The van der Waals surface area contributed by atoms with Crippen LogP contribution in [0.3, 0.4) is 0 Å². The second-order valence-corrected chi connectivity index (χ2v) is 3.85. The molecule has 1 aliphatic rings. The zero-order valence-electron chi connectivity index (χ0n) is 8.69. The maximum absolute atomic E-state index is 10.7. The summed E-state index contributed by atoms with van der Waals surface area (Å²) in [4.78, 5) is 10.7. The number of rotatable bonds is 3. The van der Waals surface area contributed by atoms with Crippen LogP contribution in [0.1, 0.15) is 24.5 Å². The number of aliphatic carboxylic acids is 1. The molecular formula is C12H14O3. The van der Waals surface area contributed by atoms with E-state index in [2.05, 4.69) is 6.07 Å². The summed E-state index contributed by atoms with van der Waals surface area (Å²) in [7, 11) is 0. The van der Waals surface area contributed by atoms with E-state index in [1.807, 2.05) is 12.1 Å². The van der Waals surface area contributed by atoms with Gasteiger partial charge < -0.3 is 9.84 Å². The molecule has 0 saturated carbocycles. The summed E-state index contributed by atoms with van der Waals surface area (Å²) in [6.07, 6.45) is 2.43. The number of carbonyl (C=O) groups is 1. The van der Waals surface area contributed by atoms with Crippen molar-refractivity contribution in [3.63, 3.8) is 0 Å². The monoisotopic (exact) mass is 206 g/mol.